The quantitative estimate of drug-likeness (QED) is 0.686. The largest absolute Gasteiger partial charge is 0.324 e. The molecule has 0 saturated heterocycles. The van der Waals surface area contributed by atoms with Gasteiger partial charge in [0, 0.05) is 24.6 Å². The fourth-order valence-electron chi connectivity index (χ4n) is 1.21. The average Bonchev–Trinajstić information content (AvgIpc) is 2.49. The van der Waals surface area contributed by atoms with E-state index in [2.05, 4.69) is 4.98 Å². The standard InChI is InChI=1S/C9H11N3/c1-7(10)8-2-4-12-5-3-11-9(12)6-8/h2-7H,10H2,1H3/t7-/m1/s1. The number of imidazole rings is 1. The normalized spacial score (nSPS) is 13.5. The van der Waals surface area contributed by atoms with Crippen LogP contribution in [0, 0.1) is 0 Å². The number of nitrogens with two attached hydrogens (primary N) is 1. The molecule has 2 heterocycles. The zero-order valence-electron chi connectivity index (χ0n) is 6.94. The lowest BCUT2D eigenvalue weighted by Crippen LogP contribution is -2.05. The van der Waals surface area contributed by atoms with Gasteiger partial charge in [0.05, 0.1) is 0 Å². The van der Waals surface area contributed by atoms with Crippen LogP contribution in [0.2, 0.25) is 0 Å². The molecular formula is C9H11N3. The van der Waals surface area contributed by atoms with Crippen LogP contribution in [0.1, 0.15) is 18.5 Å². The molecule has 0 aliphatic heterocycles. The smallest absolute Gasteiger partial charge is 0.136 e. The van der Waals surface area contributed by atoms with Gasteiger partial charge in [0.1, 0.15) is 5.65 Å². The van der Waals surface area contributed by atoms with Crippen molar-refractivity contribution < 1.29 is 0 Å². The van der Waals surface area contributed by atoms with Crippen molar-refractivity contribution in [2.75, 3.05) is 0 Å². The van der Waals surface area contributed by atoms with Gasteiger partial charge in [0.2, 0.25) is 0 Å². The van der Waals surface area contributed by atoms with Crippen molar-refractivity contribution in [3.8, 4) is 0 Å². The molecule has 0 aromatic carbocycles. The highest BCUT2D eigenvalue weighted by Crippen LogP contribution is 2.11. The van der Waals surface area contributed by atoms with Gasteiger partial charge in [0.15, 0.2) is 0 Å². The fraction of sp³-hybridized carbons (Fsp3) is 0.222. The van der Waals surface area contributed by atoms with Crippen molar-refractivity contribution in [1.82, 2.24) is 9.38 Å². The Morgan fingerprint density at radius 3 is 3.08 bits per heavy atom. The highest BCUT2D eigenvalue weighted by Gasteiger charge is 2.00. The molecule has 62 valence electrons. The molecule has 2 N–H and O–H groups in total. The minimum Gasteiger partial charge on any atom is -0.324 e. The van der Waals surface area contributed by atoms with Crippen LogP contribution in [0.15, 0.2) is 30.7 Å². The Morgan fingerprint density at radius 1 is 1.50 bits per heavy atom. The molecule has 0 unspecified atom stereocenters. The summed E-state index contributed by atoms with van der Waals surface area (Å²) in [6.45, 7) is 1.97. The molecule has 0 fully saturated rings. The fourth-order valence-corrected chi connectivity index (χ4v) is 1.21. The average molecular weight is 161 g/mol. The number of nitrogens with zero attached hydrogens (tertiary/aromatic N) is 2. The summed E-state index contributed by atoms with van der Waals surface area (Å²) in [7, 11) is 0. The number of aromatic nitrogens is 2. The summed E-state index contributed by atoms with van der Waals surface area (Å²) in [5.74, 6) is 0. The van der Waals surface area contributed by atoms with E-state index in [0.717, 1.165) is 11.2 Å². The van der Waals surface area contributed by atoms with Crippen molar-refractivity contribution in [3.05, 3.63) is 36.3 Å². The summed E-state index contributed by atoms with van der Waals surface area (Å²) >= 11 is 0. The first-order valence-corrected chi connectivity index (χ1v) is 3.95. The molecule has 0 spiro atoms. The lowest BCUT2D eigenvalue weighted by atomic mass is 10.1. The first-order valence-electron chi connectivity index (χ1n) is 3.95. The van der Waals surface area contributed by atoms with Gasteiger partial charge in [-0.2, -0.15) is 0 Å². The Balaban J connectivity index is 2.60. The van der Waals surface area contributed by atoms with E-state index in [1.807, 2.05) is 35.9 Å². The molecule has 0 aliphatic carbocycles. The third-order valence-electron chi connectivity index (χ3n) is 1.95. The summed E-state index contributed by atoms with van der Waals surface area (Å²) in [6, 6.07) is 4.09. The van der Waals surface area contributed by atoms with Gasteiger partial charge in [-0.15, -0.1) is 0 Å². The second-order valence-corrected chi connectivity index (χ2v) is 2.94. The van der Waals surface area contributed by atoms with Crippen molar-refractivity contribution >= 4 is 5.65 Å². The maximum Gasteiger partial charge on any atom is 0.136 e. The Hall–Kier alpha value is -1.35. The van der Waals surface area contributed by atoms with E-state index in [9.17, 15) is 0 Å². The number of hydrogen-bond acceptors (Lipinski definition) is 2. The van der Waals surface area contributed by atoms with Crippen LogP contribution in [0.25, 0.3) is 5.65 Å². The summed E-state index contributed by atoms with van der Waals surface area (Å²) in [6.07, 6.45) is 5.67. The molecule has 0 bridgehead atoms. The van der Waals surface area contributed by atoms with E-state index in [0.29, 0.717) is 0 Å². The maximum atomic E-state index is 5.74. The summed E-state index contributed by atoms with van der Waals surface area (Å²) in [4.78, 5) is 4.17. The number of pyridine rings is 1. The third kappa shape index (κ3) is 1.08. The lowest BCUT2D eigenvalue weighted by molar-refractivity contribution is 0.815. The minimum absolute atomic E-state index is 0.0756. The van der Waals surface area contributed by atoms with Gasteiger partial charge >= 0.3 is 0 Å². The molecule has 0 radical (unpaired) electrons. The van der Waals surface area contributed by atoms with Crippen molar-refractivity contribution in [1.29, 1.82) is 0 Å². The molecular weight excluding hydrogens is 150 g/mol. The van der Waals surface area contributed by atoms with Crippen LogP contribution >= 0.6 is 0 Å². The molecule has 3 heteroatoms. The monoisotopic (exact) mass is 161 g/mol. The molecule has 2 aromatic heterocycles. The second kappa shape index (κ2) is 2.60. The Labute approximate surface area is 70.8 Å². The van der Waals surface area contributed by atoms with E-state index in [1.54, 1.807) is 6.20 Å². The Kier molecular flexibility index (Phi) is 1.59. The lowest BCUT2D eigenvalue weighted by Gasteiger charge is -2.04. The van der Waals surface area contributed by atoms with E-state index < -0.39 is 0 Å². The summed E-state index contributed by atoms with van der Waals surface area (Å²) in [5, 5.41) is 0. The zero-order chi connectivity index (χ0) is 8.55. The molecule has 1 atom stereocenters. The molecule has 0 saturated carbocycles. The summed E-state index contributed by atoms with van der Waals surface area (Å²) < 4.78 is 1.96. The van der Waals surface area contributed by atoms with Gasteiger partial charge in [-0.1, -0.05) is 0 Å². The van der Waals surface area contributed by atoms with Gasteiger partial charge in [0.25, 0.3) is 0 Å². The van der Waals surface area contributed by atoms with Crippen molar-refractivity contribution in [2.45, 2.75) is 13.0 Å². The summed E-state index contributed by atoms with van der Waals surface area (Å²) in [5.41, 5.74) is 7.80. The predicted octanol–water partition coefficient (Wildman–Crippen LogP) is 1.35. The molecule has 12 heavy (non-hydrogen) atoms. The molecule has 2 aromatic rings. The second-order valence-electron chi connectivity index (χ2n) is 2.94. The van der Waals surface area contributed by atoms with Crippen LogP contribution in [0.4, 0.5) is 0 Å². The van der Waals surface area contributed by atoms with E-state index in [1.165, 1.54) is 0 Å². The maximum absolute atomic E-state index is 5.74. The van der Waals surface area contributed by atoms with Crippen molar-refractivity contribution in [3.63, 3.8) is 0 Å². The van der Waals surface area contributed by atoms with Gasteiger partial charge in [-0.05, 0) is 24.6 Å². The van der Waals surface area contributed by atoms with Crippen LogP contribution in [-0.2, 0) is 0 Å². The van der Waals surface area contributed by atoms with Gasteiger partial charge in [-0.3, -0.25) is 0 Å². The highest BCUT2D eigenvalue weighted by atomic mass is 15.0. The van der Waals surface area contributed by atoms with Crippen LogP contribution in [-0.4, -0.2) is 9.38 Å². The first kappa shape index (κ1) is 7.31. The number of fused-ring (bicyclic) bond motifs is 1. The Morgan fingerprint density at radius 2 is 2.33 bits per heavy atom. The Bertz CT molecular complexity index is 389. The minimum atomic E-state index is 0.0756. The predicted molar refractivity (Wildman–Crippen MR) is 47.8 cm³/mol. The first-order chi connectivity index (χ1) is 5.77. The number of rotatable bonds is 1. The van der Waals surface area contributed by atoms with Crippen LogP contribution < -0.4 is 5.73 Å². The topological polar surface area (TPSA) is 43.3 Å². The van der Waals surface area contributed by atoms with E-state index >= 15 is 0 Å². The number of hydrogen-bond donors (Lipinski definition) is 1. The van der Waals surface area contributed by atoms with E-state index in [-0.39, 0.29) is 6.04 Å². The molecule has 2 rings (SSSR count). The van der Waals surface area contributed by atoms with Crippen LogP contribution in [0.5, 0.6) is 0 Å². The van der Waals surface area contributed by atoms with Gasteiger partial charge < -0.3 is 10.1 Å². The van der Waals surface area contributed by atoms with Gasteiger partial charge in [-0.25, -0.2) is 4.98 Å². The highest BCUT2D eigenvalue weighted by molar-refractivity contribution is 5.41. The SMILES string of the molecule is C[C@@H](N)c1ccn2ccnc2c1. The van der Waals surface area contributed by atoms with Crippen molar-refractivity contribution in [2.24, 2.45) is 5.73 Å². The molecule has 3 nitrogen and oxygen atoms in total. The molecule has 0 amide bonds. The third-order valence-corrected chi connectivity index (χ3v) is 1.95. The molecule has 0 aliphatic rings. The zero-order valence-corrected chi connectivity index (χ0v) is 6.94. The van der Waals surface area contributed by atoms with Crippen LogP contribution in [0.3, 0.4) is 0 Å². The van der Waals surface area contributed by atoms with E-state index in [4.69, 9.17) is 5.73 Å².